The first-order valence-electron chi connectivity index (χ1n) is 8.00. The normalized spacial score (nSPS) is 17.1. The lowest BCUT2D eigenvalue weighted by Crippen LogP contribution is -2.54. The van der Waals surface area contributed by atoms with Crippen LogP contribution >= 0.6 is 0 Å². The molecule has 0 atom stereocenters. The molecule has 1 saturated carbocycles. The maximum Gasteiger partial charge on any atom is 0.387 e. The van der Waals surface area contributed by atoms with Gasteiger partial charge in [-0.3, -0.25) is 4.79 Å². The van der Waals surface area contributed by atoms with Crippen molar-refractivity contribution in [1.82, 2.24) is 5.32 Å². The van der Waals surface area contributed by atoms with E-state index in [-0.39, 0.29) is 12.2 Å². The minimum atomic E-state index is -2.98. The Labute approximate surface area is 139 Å². The molecule has 0 spiro atoms. The highest BCUT2D eigenvalue weighted by Gasteiger charge is 2.40. The fraction of sp³-hybridized carbons (Fsp3) is 0.529. The Kier molecular flexibility index (Phi) is 6.11. The molecule has 0 unspecified atom stereocenters. The van der Waals surface area contributed by atoms with Gasteiger partial charge < -0.3 is 15.2 Å². The van der Waals surface area contributed by atoms with Gasteiger partial charge in [0.2, 0.25) is 5.91 Å². The molecule has 1 fully saturated rings. The van der Waals surface area contributed by atoms with Crippen molar-refractivity contribution >= 4 is 11.9 Å². The van der Waals surface area contributed by atoms with E-state index in [0.29, 0.717) is 18.4 Å². The summed E-state index contributed by atoms with van der Waals surface area (Å²) < 4.78 is 29.2. The third-order valence-electron chi connectivity index (χ3n) is 4.28. The van der Waals surface area contributed by atoms with Crippen molar-refractivity contribution in [3.63, 3.8) is 0 Å². The average Bonchev–Trinajstić information content (AvgIpc) is 2.75. The molecule has 1 aromatic rings. The molecule has 2 N–H and O–H groups in total. The Morgan fingerprint density at radius 1 is 1.17 bits per heavy atom. The number of para-hydroxylation sites is 1. The molecular weight excluding hydrogens is 320 g/mol. The lowest BCUT2D eigenvalue weighted by atomic mass is 9.90. The van der Waals surface area contributed by atoms with Crippen LogP contribution in [0.2, 0.25) is 0 Å². The monoisotopic (exact) mass is 341 g/mol. The molecule has 1 amide bonds. The Hall–Kier alpha value is -2.18. The molecule has 1 aromatic carbocycles. The van der Waals surface area contributed by atoms with Crippen LogP contribution in [0.1, 0.15) is 44.1 Å². The van der Waals surface area contributed by atoms with Crippen molar-refractivity contribution in [2.45, 2.75) is 57.1 Å². The van der Waals surface area contributed by atoms with Crippen molar-refractivity contribution in [3.05, 3.63) is 29.8 Å². The van der Waals surface area contributed by atoms with Gasteiger partial charge in [0.15, 0.2) is 0 Å². The molecule has 0 bridgehead atoms. The summed E-state index contributed by atoms with van der Waals surface area (Å²) in [4.78, 5) is 24.0. The first kappa shape index (κ1) is 18.2. The van der Waals surface area contributed by atoms with Crippen LogP contribution in [0.3, 0.4) is 0 Å². The molecule has 132 valence electrons. The minimum absolute atomic E-state index is 0.0760. The van der Waals surface area contributed by atoms with Crippen LogP contribution in [0.15, 0.2) is 24.3 Å². The zero-order valence-electron chi connectivity index (χ0n) is 13.3. The van der Waals surface area contributed by atoms with Crippen molar-refractivity contribution in [1.29, 1.82) is 0 Å². The molecular formula is C17H21F2NO4. The van der Waals surface area contributed by atoms with Gasteiger partial charge in [-0.1, -0.05) is 43.9 Å². The molecule has 2 rings (SSSR count). The highest BCUT2D eigenvalue weighted by molar-refractivity contribution is 5.88. The summed E-state index contributed by atoms with van der Waals surface area (Å²) in [7, 11) is 0. The minimum Gasteiger partial charge on any atom is -0.480 e. The van der Waals surface area contributed by atoms with Crippen molar-refractivity contribution in [3.8, 4) is 5.75 Å². The predicted octanol–water partition coefficient (Wildman–Crippen LogP) is 3.12. The number of rotatable bonds is 6. The van der Waals surface area contributed by atoms with Crippen LogP contribution in [-0.2, 0) is 16.0 Å². The number of hydrogen-bond donors (Lipinski definition) is 2. The van der Waals surface area contributed by atoms with Gasteiger partial charge in [-0.05, 0) is 18.9 Å². The molecule has 0 aromatic heterocycles. The highest BCUT2D eigenvalue weighted by atomic mass is 19.3. The fourth-order valence-corrected chi connectivity index (χ4v) is 3.07. The smallest absolute Gasteiger partial charge is 0.387 e. The summed E-state index contributed by atoms with van der Waals surface area (Å²) in [6.45, 7) is -2.98. The zero-order chi connectivity index (χ0) is 17.6. The first-order valence-corrected chi connectivity index (χ1v) is 8.00. The van der Waals surface area contributed by atoms with E-state index in [4.69, 9.17) is 0 Å². The number of alkyl halides is 2. The maximum atomic E-state index is 12.4. The van der Waals surface area contributed by atoms with E-state index in [1.807, 2.05) is 0 Å². The number of carboxylic acids is 1. The van der Waals surface area contributed by atoms with E-state index in [0.717, 1.165) is 25.7 Å². The Morgan fingerprint density at radius 2 is 1.79 bits per heavy atom. The number of carboxylic acid groups (broad SMARTS) is 1. The molecule has 0 saturated heterocycles. The number of hydrogen-bond acceptors (Lipinski definition) is 3. The van der Waals surface area contributed by atoms with Gasteiger partial charge in [-0.25, -0.2) is 4.79 Å². The molecule has 0 heterocycles. The van der Waals surface area contributed by atoms with Crippen LogP contribution in [0.4, 0.5) is 8.78 Å². The van der Waals surface area contributed by atoms with E-state index < -0.39 is 24.0 Å². The first-order chi connectivity index (χ1) is 11.4. The second-order valence-electron chi connectivity index (χ2n) is 6.01. The lowest BCUT2D eigenvalue weighted by Gasteiger charge is -2.29. The van der Waals surface area contributed by atoms with Gasteiger partial charge in [0.05, 0.1) is 6.42 Å². The number of aliphatic carboxylic acids is 1. The van der Waals surface area contributed by atoms with Crippen LogP contribution in [0, 0.1) is 0 Å². The number of carbonyl (C=O) groups is 2. The SMILES string of the molecule is O=C(Cc1ccccc1OC(F)F)NC1(C(=O)O)CCCCCC1. The van der Waals surface area contributed by atoms with Crippen LogP contribution in [-0.4, -0.2) is 29.1 Å². The van der Waals surface area contributed by atoms with Gasteiger partial charge in [0.25, 0.3) is 0 Å². The Morgan fingerprint density at radius 3 is 2.38 bits per heavy atom. The van der Waals surface area contributed by atoms with Gasteiger partial charge in [0.1, 0.15) is 11.3 Å². The summed E-state index contributed by atoms with van der Waals surface area (Å²) in [5.74, 6) is -1.63. The summed E-state index contributed by atoms with van der Waals surface area (Å²) in [6.07, 6.45) is 3.89. The van der Waals surface area contributed by atoms with Gasteiger partial charge in [0, 0.05) is 5.56 Å². The number of nitrogens with one attached hydrogen (secondary N) is 1. The number of carbonyl (C=O) groups excluding carboxylic acids is 1. The number of amides is 1. The van der Waals surface area contributed by atoms with E-state index in [9.17, 15) is 23.5 Å². The standard InChI is InChI=1S/C17H21F2NO4/c18-16(19)24-13-8-4-3-7-12(13)11-14(21)20-17(15(22)23)9-5-1-2-6-10-17/h3-4,7-8,16H,1-2,5-6,9-11H2,(H,20,21)(H,22,23). The van der Waals surface area contributed by atoms with E-state index >= 15 is 0 Å². The van der Waals surface area contributed by atoms with Crippen molar-refractivity contribution in [2.75, 3.05) is 0 Å². The summed E-state index contributed by atoms with van der Waals surface area (Å²) in [6, 6.07) is 6.01. The zero-order valence-corrected chi connectivity index (χ0v) is 13.3. The fourth-order valence-electron chi connectivity index (χ4n) is 3.07. The third kappa shape index (κ3) is 4.66. The van der Waals surface area contributed by atoms with Gasteiger partial charge in [-0.2, -0.15) is 8.78 Å². The number of benzene rings is 1. The van der Waals surface area contributed by atoms with Crippen LogP contribution in [0.5, 0.6) is 5.75 Å². The topological polar surface area (TPSA) is 75.6 Å². The molecule has 1 aliphatic carbocycles. The lowest BCUT2D eigenvalue weighted by molar-refractivity contribution is -0.148. The highest BCUT2D eigenvalue weighted by Crippen LogP contribution is 2.28. The predicted molar refractivity (Wildman–Crippen MR) is 83.0 cm³/mol. The van der Waals surface area contributed by atoms with E-state index in [2.05, 4.69) is 10.1 Å². The largest absolute Gasteiger partial charge is 0.480 e. The van der Waals surface area contributed by atoms with Gasteiger partial charge in [-0.15, -0.1) is 0 Å². The summed E-state index contributed by atoms with van der Waals surface area (Å²) >= 11 is 0. The number of ether oxygens (including phenoxy) is 1. The molecule has 7 heteroatoms. The summed E-state index contributed by atoms with van der Waals surface area (Å²) in [5, 5.41) is 12.2. The average molecular weight is 341 g/mol. The second-order valence-corrected chi connectivity index (χ2v) is 6.01. The van der Waals surface area contributed by atoms with Crippen molar-refractivity contribution < 1.29 is 28.2 Å². The van der Waals surface area contributed by atoms with Crippen LogP contribution in [0.25, 0.3) is 0 Å². The van der Waals surface area contributed by atoms with E-state index in [1.165, 1.54) is 18.2 Å². The summed E-state index contributed by atoms with van der Waals surface area (Å²) in [5.41, 5.74) is -0.976. The Bertz CT molecular complexity index is 584. The molecule has 0 aliphatic heterocycles. The van der Waals surface area contributed by atoms with Crippen molar-refractivity contribution in [2.24, 2.45) is 0 Å². The molecule has 24 heavy (non-hydrogen) atoms. The number of halogens is 2. The molecule has 1 aliphatic rings. The van der Waals surface area contributed by atoms with Crippen LogP contribution < -0.4 is 10.1 Å². The maximum absolute atomic E-state index is 12.4. The molecule has 5 nitrogen and oxygen atoms in total. The second kappa shape index (κ2) is 8.08. The van der Waals surface area contributed by atoms with Gasteiger partial charge >= 0.3 is 12.6 Å². The quantitative estimate of drug-likeness (QED) is 0.780. The molecule has 0 radical (unpaired) electrons. The third-order valence-corrected chi connectivity index (χ3v) is 4.28. The Balaban J connectivity index is 2.10. The van der Waals surface area contributed by atoms with E-state index in [1.54, 1.807) is 6.07 Å².